The van der Waals surface area contributed by atoms with E-state index in [2.05, 4.69) is 26.6 Å². The molecule has 0 aliphatic carbocycles. The van der Waals surface area contributed by atoms with Crippen LogP contribution in [0.4, 0.5) is 4.79 Å². The molecule has 1 rings (SSSR count). The van der Waals surface area contributed by atoms with Crippen molar-refractivity contribution in [3.63, 3.8) is 0 Å². The highest BCUT2D eigenvalue weighted by Gasteiger charge is 2.21. The molecular weight excluding hydrogens is 350 g/mol. The Hall–Kier alpha value is -1.60. The molecule has 0 aliphatic rings. The Kier molecular flexibility index (Phi) is 7.34. The molecule has 6 nitrogen and oxygen atoms in total. The minimum Gasteiger partial charge on any atom is -0.496 e. The van der Waals surface area contributed by atoms with E-state index < -0.39 is 12.1 Å². The van der Waals surface area contributed by atoms with Crippen LogP contribution >= 0.6 is 15.9 Å². The Morgan fingerprint density at radius 3 is 2.68 bits per heavy atom. The third-order valence-corrected chi connectivity index (χ3v) is 3.77. The SMILES string of the molecule is CCNC(=O)NC(=O)[C@@H](C)N(C)Cc1cc(Br)ccc1OC. The van der Waals surface area contributed by atoms with Crippen molar-refractivity contribution in [3.8, 4) is 5.75 Å². The van der Waals surface area contributed by atoms with Crippen molar-refractivity contribution in [1.82, 2.24) is 15.5 Å². The first-order chi connectivity index (χ1) is 10.4. The van der Waals surface area contributed by atoms with Crippen LogP contribution in [0, 0.1) is 0 Å². The lowest BCUT2D eigenvalue weighted by Crippen LogP contribution is -2.48. The molecule has 0 bridgehead atoms. The molecular formula is C15H22BrN3O3. The number of halogens is 1. The molecule has 0 saturated heterocycles. The summed E-state index contributed by atoms with van der Waals surface area (Å²) in [6, 6.07) is 4.78. The second-order valence-electron chi connectivity index (χ2n) is 4.90. The highest BCUT2D eigenvalue weighted by molar-refractivity contribution is 9.10. The van der Waals surface area contributed by atoms with Crippen LogP contribution in [0.15, 0.2) is 22.7 Å². The number of imide groups is 1. The maximum Gasteiger partial charge on any atom is 0.321 e. The molecule has 0 saturated carbocycles. The predicted molar refractivity (Wildman–Crippen MR) is 88.8 cm³/mol. The van der Waals surface area contributed by atoms with Crippen molar-refractivity contribution < 1.29 is 14.3 Å². The fourth-order valence-electron chi connectivity index (χ4n) is 1.90. The lowest BCUT2D eigenvalue weighted by molar-refractivity contribution is -0.124. The number of nitrogens with zero attached hydrogens (tertiary/aromatic N) is 1. The van der Waals surface area contributed by atoms with Crippen molar-refractivity contribution in [2.75, 3.05) is 20.7 Å². The average Bonchev–Trinajstić information content (AvgIpc) is 2.46. The Morgan fingerprint density at radius 1 is 1.41 bits per heavy atom. The smallest absolute Gasteiger partial charge is 0.321 e. The molecule has 2 N–H and O–H groups in total. The van der Waals surface area contributed by atoms with Gasteiger partial charge in [0.1, 0.15) is 5.75 Å². The minimum absolute atomic E-state index is 0.345. The van der Waals surface area contributed by atoms with Gasteiger partial charge in [0.25, 0.3) is 0 Å². The zero-order chi connectivity index (χ0) is 16.7. The first-order valence-corrected chi connectivity index (χ1v) is 7.79. The zero-order valence-electron chi connectivity index (χ0n) is 13.3. The van der Waals surface area contributed by atoms with Crippen molar-refractivity contribution in [1.29, 1.82) is 0 Å². The number of nitrogens with one attached hydrogen (secondary N) is 2. The molecule has 3 amide bonds. The van der Waals surface area contributed by atoms with Crippen molar-refractivity contribution in [3.05, 3.63) is 28.2 Å². The van der Waals surface area contributed by atoms with Crippen LogP contribution in [0.25, 0.3) is 0 Å². The molecule has 1 aromatic carbocycles. The highest BCUT2D eigenvalue weighted by Crippen LogP contribution is 2.24. The first kappa shape index (κ1) is 18.4. The summed E-state index contributed by atoms with van der Waals surface area (Å²) in [5.74, 6) is 0.411. The van der Waals surface area contributed by atoms with E-state index in [4.69, 9.17) is 4.74 Å². The third kappa shape index (κ3) is 5.31. The Bertz CT molecular complexity index is 537. The summed E-state index contributed by atoms with van der Waals surface area (Å²) in [7, 11) is 3.43. The van der Waals surface area contributed by atoms with E-state index in [1.807, 2.05) is 30.1 Å². The molecule has 0 spiro atoms. The molecule has 0 heterocycles. The van der Waals surface area contributed by atoms with Crippen molar-refractivity contribution >= 4 is 27.9 Å². The molecule has 0 aliphatic heterocycles. The predicted octanol–water partition coefficient (Wildman–Crippen LogP) is 2.12. The summed E-state index contributed by atoms with van der Waals surface area (Å²) in [5.41, 5.74) is 0.956. The van der Waals surface area contributed by atoms with E-state index in [1.165, 1.54) is 0 Å². The standard InChI is InChI=1S/C15H22BrN3O3/c1-5-17-15(21)18-14(20)10(2)19(3)9-11-8-12(16)6-7-13(11)22-4/h6-8,10H,5,9H2,1-4H3,(H2,17,18,20,21)/t10-/m1/s1. The number of methoxy groups -OCH3 is 1. The molecule has 1 atom stereocenters. The minimum atomic E-state index is -0.479. The average molecular weight is 372 g/mol. The number of ether oxygens (including phenoxy) is 1. The molecule has 0 radical (unpaired) electrons. The summed E-state index contributed by atoms with van der Waals surface area (Å²) >= 11 is 3.43. The summed E-state index contributed by atoms with van der Waals surface area (Å²) in [4.78, 5) is 25.3. The summed E-state index contributed by atoms with van der Waals surface area (Å²) in [5, 5.41) is 4.85. The van der Waals surface area contributed by atoms with Crippen LogP contribution in [0.5, 0.6) is 5.75 Å². The van der Waals surface area contributed by atoms with Gasteiger partial charge in [-0.3, -0.25) is 15.0 Å². The topological polar surface area (TPSA) is 70.7 Å². The molecule has 1 aromatic rings. The van der Waals surface area contributed by atoms with Gasteiger partial charge in [-0.2, -0.15) is 0 Å². The second kappa shape index (κ2) is 8.75. The third-order valence-electron chi connectivity index (χ3n) is 3.28. The number of urea groups is 1. The van der Waals surface area contributed by atoms with Gasteiger partial charge < -0.3 is 10.1 Å². The van der Waals surface area contributed by atoms with Crippen molar-refractivity contribution in [2.45, 2.75) is 26.4 Å². The van der Waals surface area contributed by atoms with E-state index in [0.29, 0.717) is 13.1 Å². The second-order valence-corrected chi connectivity index (χ2v) is 5.81. The summed E-state index contributed by atoms with van der Waals surface area (Å²) in [6.45, 7) is 4.53. The number of amides is 3. The Labute approximate surface area is 139 Å². The molecule has 7 heteroatoms. The Balaban J connectivity index is 2.71. The first-order valence-electron chi connectivity index (χ1n) is 7.00. The van der Waals surface area contributed by atoms with Gasteiger partial charge in [0.2, 0.25) is 5.91 Å². The fourth-order valence-corrected chi connectivity index (χ4v) is 2.31. The number of rotatable bonds is 6. The van der Waals surface area contributed by atoms with Gasteiger partial charge in [-0.15, -0.1) is 0 Å². The zero-order valence-corrected chi connectivity index (χ0v) is 14.9. The lowest BCUT2D eigenvalue weighted by atomic mass is 10.1. The number of carbonyl (C=O) groups excluding carboxylic acids is 2. The number of hydrogen-bond acceptors (Lipinski definition) is 4. The van der Waals surface area contributed by atoms with E-state index in [0.717, 1.165) is 15.8 Å². The number of hydrogen-bond donors (Lipinski definition) is 2. The largest absolute Gasteiger partial charge is 0.496 e. The number of benzene rings is 1. The molecule has 122 valence electrons. The van der Waals surface area contributed by atoms with Crippen molar-refractivity contribution in [2.24, 2.45) is 0 Å². The highest BCUT2D eigenvalue weighted by atomic mass is 79.9. The molecule has 0 unspecified atom stereocenters. The van der Waals surface area contributed by atoms with Crippen LogP contribution < -0.4 is 15.4 Å². The van der Waals surface area contributed by atoms with Crippen LogP contribution in [0.3, 0.4) is 0 Å². The van der Waals surface area contributed by atoms with Gasteiger partial charge in [0, 0.05) is 23.1 Å². The van der Waals surface area contributed by atoms with Crippen LogP contribution in [0.2, 0.25) is 0 Å². The number of likely N-dealkylation sites (N-methyl/N-ethyl adjacent to an activating group) is 1. The van der Waals surface area contributed by atoms with E-state index in [-0.39, 0.29) is 5.91 Å². The van der Waals surface area contributed by atoms with Gasteiger partial charge in [0.05, 0.1) is 13.2 Å². The molecule has 22 heavy (non-hydrogen) atoms. The van der Waals surface area contributed by atoms with E-state index >= 15 is 0 Å². The fraction of sp³-hybridized carbons (Fsp3) is 0.467. The maximum atomic E-state index is 12.0. The monoisotopic (exact) mass is 371 g/mol. The lowest BCUT2D eigenvalue weighted by Gasteiger charge is -2.24. The summed E-state index contributed by atoms with van der Waals surface area (Å²) in [6.07, 6.45) is 0. The maximum absolute atomic E-state index is 12.0. The quantitative estimate of drug-likeness (QED) is 0.803. The molecule has 0 aromatic heterocycles. The molecule has 0 fully saturated rings. The van der Waals surface area contributed by atoms with Gasteiger partial charge in [-0.25, -0.2) is 4.79 Å². The van der Waals surface area contributed by atoms with Gasteiger partial charge >= 0.3 is 6.03 Å². The summed E-state index contributed by atoms with van der Waals surface area (Å²) < 4.78 is 6.27. The van der Waals surface area contributed by atoms with Gasteiger partial charge in [-0.05, 0) is 39.1 Å². The van der Waals surface area contributed by atoms with Gasteiger partial charge in [0.15, 0.2) is 0 Å². The Morgan fingerprint density at radius 2 is 2.09 bits per heavy atom. The van der Waals surface area contributed by atoms with Crippen LogP contribution in [-0.4, -0.2) is 43.6 Å². The van der Waals surface area contributed by atoms with E-state index in [1.54, 1.807) is 21.0 Å². The van der Waals surface area contributed by atoms with Crippen LogP contribution in [0.1, 0.15) is 19.4 Å². The van der Waals surface area contributed by atoms with E-state index in [9.17, 15) is 9.59 Å². The normalized spacial score (nSPS) is 11.9. The number of carbonyl (C=O) groups is 2. The van der Waals surface area contributed by atoms with Crippen LogP contribution in [-0.2, 0) is 11.3 Å². The van der Waals surface area contributed by atoms with Gasteiger partial charge in [-0.1, -0.05) is 15.9 Å².